The van der Waals surface area contributed by atoms with Gasteiger partial charge >= 0.3 is 6.03 Å². The van der Waals surface area contributed by atoms with Crippen LogP contribution >= 0.6 is 0 Å². The molecule has 1 aliphatic heterocycles. The monoisotopic (exact) mass is 331 g/mol. The highest BCUT2D eigenvalue weighted by atomic mass is 16.2. The molecular weight excluding hydrogens is 298 g/mol. The number of carbonyl (C=O) groups excluding carboxylic acids is 1. The number of amides is 2. The fourth-order valence-corrected chi connectivity index (χ4v) is 2.87. The lowest BCUT2D eigenvalue weighted by Gasteiger charge is -2.35. The van der Waals surface area contributed by atoms with Gasteiger partial charge in [-0.3, -0.25) is 4.90 Å². The van der Waals surface area contributed by atoms with Gasteiger partial charge in [-0.25, -0.2) is 4.79 Å². The Balaban J connectivity index is 1.81. The summed E-state index contributed by atoms with van der Waals surface area (Å²) in [5.74, 6) is 0.738. The van der Waals surface area contributed by atoms with Gasteiger partial charge in [-0.2, -0.15) is 0 Å². The Hall–Kier alpha value is -1.55. The van der Waals surface area contributed by atoms with Crippen molar-refractivity contribution >= 4 is 11.7 Å². The van der Waals surface area contributed by atoms with Crippen molar-refractivity contribution in [2.24, 2.45) is 5.92 Å². The van der Waals surface area contributed by atoms with Crippen LogP contribution in [0.4, 0.5) is 10.5 Å². The van der Waals surface area contributed by atoms with Crippen LogP contribution < -0.4 is 5.32 Å². The summed E-state index contributed by atoms with van der Waals surface area (Å²) in [7, 11) is 0. The lowest BCUT2D eigenvalue weighted by Crippen LogP contribution is -2.50. The Labute approximate surface area is 147 Å². The Morgan fingerprint density at radius 1 is 1.08 bits per heavy atom. The molecule has 0 unspecified atom stereocenters. The number of benzene rings is 1. The van der Waals surface area contributed by atoms with Crippen LogP contribution in [0.3, 0.4) is 0 Å². The topological polar surface area (TPSA) is 35.6 Å². The third-order valence-corrected chi connectivity index (χ3v) is 4.68. The molecule has 1 aliphatic rings. The first-order valence-electron chi connectivity index (χ1n) is 9.14. The second-order valence-electron chi connectivity index (χ2n) is 8.27. The SMILES string of the molecule is CC(C)CCN1CCN(C(=O)Nc2ccc(C(C)(C)C)cc2)CC1. The summed E-state index contributed by atoms with van der Waals surface area (Å²) < 4.78 is 0. The van der Waals surface area contributed by atoms with E-state index < -0.39 is 0 Å². The van der Waals surface area contributed by atoms with Crippen LogP contribution in [-0.2, 0) is 5.41 Å². The molecule has 2 amide bonds. The van der Waals surface area contributed by atoms with Crippen LogP contribution in [0.5, 0.6) is 0 Å². The van der Waals surface area contributed by atoms with E-state index in [9.17, 15) is 4.79 Å². The van der Waals surface area contributed by atoms with Crippen LogP contribution in [0.15, 0.2) is 24.3 Å². The second-order valence-corrected chi connectivity index (χ2v) is 8.27. The minimum Gasteiger partial charge on any atom is -0.322 e. The molecule has 0 saturated carbocycles. The maximum atomic E-state index is 12.4. The standard InChI is InChI=1S/C20H33N3O/c1-16(2)10-11-22-12-14-23(15-13-22)19(24)21-18-8-6-17(7-9-18)20(3,4)5/h6-9,16H,10-15H2,1-5H3,(H,21,24). The number of carbonyl (C=O) groups is 1. The Kier molecular flexibility index (Phi) is 6.27. The van der Waals surface area contributed by atoms with Crippen molar-refractivity contribution < 1.29 is 4.79 Å². The number of nitrogens with zero attached hydrogens (tertiary/aromatic N) is 2. The highest BCUT2D eigenvalue weighted by Crippen LogP contribution is 2.23. The molecule has 1 aromatic carbocycles. The van der Waals surface area contributed by atoms with Crippen molar-refractivity contribution in [3.05, 3.63) is 29.8 Å². The zero-order chi connectivity index (χ0) is 17.7. The van der Waals surface area contributed by atoms with Gasteiger partial charge in [0.05, 0.1) is 0 Å². The quantitative estimate of drug-likeness (QED) is 0.898. The molecule has 0 aliphatic carbocycles. The van der Waals surface area contributed by atoms with E-state index in [1.807, 2.05) is 17.0 Å². The molecule has 0 spiro atoms. The molecule has 4 heteroatoms. The van der Waals surface area contributed by atoms with Crippen molar-refractivity contribution in [2.75, 3.05) is 38.0 Å². The van der Waals surface area contributed by atoms with E-state index in [0.29, 0.717) is 0 Å². The molecular formula is C20H33N3O. The normalized spacial score (nSPS) is 16.5. The van der Waals surface area contributed by atoms with Crippen molar-refractivity contribution in [2.45, 2.75) is 46.5 Å². The first-order chi connectivity index (χ1) is 11.3. The minimum atomic E-state index is 0.0158. The van der Waals surface area contributed by atoms with Gasteiger partial charge in [0.25, 0.3) is 0 Å². The zero-order valence-corrected chi connectivity index (χ0v) is 15.9. The summed E-state index contributed by atoms with van der Waals surface area (Å²) in [6.07, 6.45) is 1.23. The number of hydrogen-bond acceptors (Lipinski definition) is 2. The zero-order valence-electron chi connectivity index (χ0n) is 15.9. The lowest BCUT2D eigenvalue weighted by atomic mass is 9.87. The van der Waals surface area contributed by atoms with E-state index in [1.165, 1.54) is 12.0 Å². The molecule has 0 bridgehead atoms. The molecule has 1 aromatic rings. The summed E-state index contributed by atoms with van der Waals surface area (Å²) in [5, 5.41) is 3.02. The van der Waals surface area contributed by atoms with Gasteiger partial charge in [0.1, 0.15) is 0 Å². The highest BCUT2D eigenvalue weighted by molar-refractivity contribution is 5.89. The Morgan fingerprint density at radius 3 is 2.17 bits per heavy atom. The van der Waals surface area contributed by atoms with E-state index in [0.717, 1.165) is 44.3 Å². The van der Waals surface area contributed by atoms with E-state index in [-0.39, 0.29) is 11.4 Å². The predicted octanol–water partition coefficient (Wildman–Crippen LogP) is 4.18. The highest BCUT2D eigenvalue weighted by Gasteiger charge is 2.21. The smallest absolute Gasteiger partial charge is 0.321 e. The fourth-order valence-electron chi connectivity index (χ4n) is 2.87. The van der Waals surface area contributed by atoms with E-state index in [4.69, 9.17) is 0 Å². The van der Waals surface area contributed by atoms with Crippen molar-refractivity contribution in [3.63, 3.8) is 0 Å². The molecule has 0 aromatic heterocycles. The van der Waals surface area contributed by atoms with Crippen LogP contribution in [-0.4, -0.2) is 48.6 Å². The van der Waals surface area contributed by atoms with Crippen LogP contribution in [0, 0.1) is 5.92 Å². The van der Waals surface area contributed by atoms with Gasteiger partial charge < -0.3 is 10.2 Å². The molecule has 24 heavy (non-hydrogen) atoms. The number of anilines is 1. The Bertz CT molecular complexity index is 523. The maximum Gasteiger partial charge on any atom is 0.321 e. The average Bonchev–Trinajstić information content (AvgIpc) is 2.53. The van der Waals surface area contributed by atoms with Gasteiger partial charge in [0.2, 0.25) is 0 Å². The lowest BCUT2D eigenvalue weighted by molar-refractivity contribution is 0.143. The summed E-state index contributed by atoms with van der Waals surface area (Å²) in [5.41, 5.74) is 2.28. The van der Waals surface area contributed by atoms with Crippen LogP contribution in [0.1, 0.15) is 46.6 Å². The first kappa shape index (κ1) is 18.8. The number of piperazine rings is 1. The molecule has 4 nitrogen and oxygen atoms in total. The molecule has 1 saturated heterocycles. The number of rotatable bonds is 4. The molecule has 1 heterocycles. The van der Waals surface area contributed by atoms with E-state index >= 15 is 0 Å². The van der Waals surface area contributed by atoms with Crippen molar-refractivity contribution in [1.29, 1.82) is 0 Å². The number of hydrogen-bond donors (Lipinski definition) is 1. The van der Waals surface area contributed by atoms with Crippen LogP contribution in [0.25, 0.3) is 0 Å². The second kappa shape index (κ2) is 8.02. The third-order valence-electron chi connectivity index (χ3n) is 4.68. The molecule has 1 N–H and O–H groups in total. The summed E-state index contributed by atoms with van der Waals surface area (Å²) in [6, 6.07) is 8.20. The van der Waals surface area contributed by atoms with Gasteiger partial charge in [-0.15, -0.1) is 0 Å². The molecule has 2 rings (SSSR count). The van der Waals surface area contributed by atoms with E-state index in [2.05, 4.69) is 57.0 Å². The van der Waals surface area contributed by atoms with Gasteiger partial charge in [0, 0.05) is 31.9 Å². The molecule has 1 fully saturated rings. The van der Waals surface area contributed by atoms with Gasteiger partial charge in [-0.05, 0) is 42.0 Å². The Morgan fingerprint density at radius 2 is 1.67 bits per heavy atom. The minimum absolute atomic E-state index is 0.0158. The first-order valence-corrected chi connectivity index (χ1v) is 9.14. The summed E-state index contributed by atoms with van der Waals surface area (Å²) >= 11 is 0. The fraction of sp³-hybridized carbons (Fsp3) is 0.650. The third kappa shape index (κ3) is 5.52. The largest absolute Gasteiger partial charge is 0.322 e. The van der Waals surface area contributed by atoms with E-state index in [1.54, 1.807) is 0 Å². The van der Waals surface area contributed by atoms with Crippen LogP contribution in [0.2, 0.25) is 0 Å². The maximum absolute atomic E-state index is 12.4. The number of nitrogens with one attached hydrogen (secondary N) is 1. The molecule has 0 atom stereocenters. The molecule has 0 radical (unpaired) electrons. The van der Waals surface area contributed by atoms with Gasteiger partial charge in [0.15, 0.2) is 0 Å². The average molecular weight is 332 g/mol. The van der Waals surface area contributed by atoms with Crippen molar-refractivity contribution in [1.82, 2.24) is 9.80 Å². The molecule has 134 valence electrons. The van der Waals surface area contributed by atoms with Gasteiger partial charge in [-0.1, -0.05) is 46.8 Å². The number of urea groups is 1. The van der Waals surface area contributed by atoms with Crippen molar-refractivity contribution in [3.8, 4) is 0 Å². The summed E-state index contributed by atoms with van der Waals surface area (Å²) in [6.45, 7) is 15.8. The predicted molar refractivity (Wildman–Crippen MR) is 102 cm³/mol. The summed E-state index contributed by atoms with van der Waals surface area (Å²) in [4.78, 5) is 16.8.